The smallest absolute Gasteiger partial charge is 0.266 e. The molecule has 0 aliphatic carbocycles. The molecule has 0 fully saturated rings. The lowest BCUT2D eigenvalue weighted by Gasteiger charge is -2.13. The molecule has 3 aromatic carbocycles. The van der Waals surface area contributed by atoms with Gasteiger partial charge in [-0.15, -0.1) is 0 Å². The Morgan fingerprint density at radius 3 is 2.52 bits per heavy atom. The molecular formula is C24H17Br2FN2O2. The average molecular weight is 544 g/mol. The Morgan fingerprint density at radius 2 is 1.84 bits per heavy atom. The van der Waals surface area contributed by atoms with Gasteiger partial charge in [0.1, 0.15) is 23.2 Å². The summed E-state index contributed by atoms with van der Waals surface area (Å²) in [5.74, 6) is -0.655. The molecule has 3 rings (SSSR count). The van der Waals surface area contributed by atoms with Crippen LogP contribution in [0.15, 0.2) is 75.2 Å². The third kappa shape index (κ3) is 5.60. The minimum absolute atomic E-state index is 0.0104. The number of amides is 1. The number of ether oxygens (including phenoxy) is 1. The minimum atomic E-state index is -0.694. The molecule has 31 heavy (non-hydrogen) atoms. The maximum absolute atomic E-state index is 13.8. The van der Waals surface area contributed by atoms with E-state index < -0.39 is 11.7 Å². The Balaban J connectivity index is 1.91. The average Bonchev–Trinajstić information content (AvgIpc) is 2.76. The lowest BCUT2D eigenvalue weighted by molar-refractivity contribution is -0.112. The number of rotatable bonds is 6. The van der Waals surface area contributed by atoms with Crippen LogP contribution in [0.3, 0.4) is 0 Å². The number of carbonyl (C=O) groups excluding carboxylic acids is 1. The van der Waals surface area contributed by atoms with Crippen molar-refractivity contribution in [2.45, 2.75) is 6.42 Å². The van der Waals surface area contributed by atoms with Crippen LogP contribution < -0.4 is 10.1 Å². The standard InChI is InChI=1S/C24H17Br2FN2O2/c1-31-23-12-15(11-20(26)18(23)13-16-6-2-3-7-19(16)25)10-17(14-28)24(30)29-22-9-5-4-8-21(22)27/h2-12H,13H2,1H3,(H,29,30)/b17-10+. The molecule has 0 atom stereocenters. The summed E-state index contributed by atoms with van der Waals surface area (Å²) < 4.78 is 21.1. The van der Waals surface area contributed by atoms with Crippen molar-refractivity contribution in [3.05, 3.63) is 97.7 Å². The zero-order valence-electron chi connectivity index (χ0n) is 16.5. The number of hydrogen-bond donors (Lipinski definition) is 1. The minimum Gasteiger partial charge on any atom is -0.496 e. The van der Waals surface area contributed by atoms with E-state index in [-0.39, 0.29) is 11.3 Å². The summed E-state index contributed by atoms with van der Waals surface area (Å²) in [6.45, 7) is 0. The predicted molar refractivity (Wildman–Crippen MR) is 126 cm³/mol. The molecule has 0 aromatic heterocycles. The Hall–Kier alpha value is -2.95. The molecule has 0 spiro atoms. The van der Waals surface area contributed by atoms with Crippen molar-refractivity contribution in [2.75, 3.05) is 12.4 Å². The second-order valence-corrected chi connectivity index (χ2v) is 8.26. The topological polar surface area (TPSA) is 62.1 Å². The number of halogens is 3. The molecule has 0 saturated carbocycles. The fourth-order valence-corrected chi connectivity index (χ4v) is 3.99. The van der Waals surface area contributed by atoms with E-state index >= 15 is 0 Å². The van der Waals surface area contributed by atoms with Crippen molar-refractivity contribution < 1.29 is 13.9 Å². The van der Waals surface area contributed by atoms with Crippen LogP contribution in [-0.2, 0) is 11.2 Å². The number of nitrogens with one attached hydrogen (secondary N) is 1. The molecule has 0 bridgehead atoms. The highest BCUT2D eigenvalue weighted by Gasteiger charge is 2.15. The van der Waals surface area contributed by atoms with Crippen LogP contribution in [0.2, 0.25) is 0 Å². The van der Waals surface area contributed by atoms with E-state index in [4.69, 9.17) is 4.74 Å². The molecular weight excluding hydrogens is 527 g/mol. The van der Waals surface area contributed by atoms with E-state index in [1.807, 2.05) is 36.4 Å². The fraction of sp³-hybridized carbons (Fsp3) is 0.0833. The second-order valence-electron chi connectivity index (χ2n) is 6.56. The Bertz CT molecular complexity index is 1200. The van der Waals surface area contributed by atoms with Gasteiger partial charge in [-0.05, 0) is 47.5 Å². The third-order valence-electron chi connectivity index (χ3n) is 4.52. The highest BCUT2D eigenvalue weighted by molar-refractivity contribution is 9.10. The lowest BCUT2D eigenvalue weighted by atomic mass is 10.0. The van der Waals surface area contributed by atoms with Gasteiger partial charge in [-0.3, -0.25) is 4.79 Å². The molecule has 7 heteroatoms. The molecule has 0 radical (unpaired) electrons. The number of benzene rings is 3. The Labute approximate surface area is 196 Å². The summed E-state index contributed by atoms with van der Waals surface area (Å²) in [5, 5.41) is 11.9. The quantitative estimate of drug-likeness (QED) is 0.285. The highest BCUT2D eigenvalue weighted by Crippen LogP contribution is 2.33. The van der Waals surface area contributed by atoms with Crippen LogP contribution in [0.4, 0.5) is 10.1 Å². The molecule has 1 amide bonds. The highest BCUT2D eigenvalue weighted by atomic mass is 79.9. The predicted octanol–water partition coefficient (Wildman–Crippen LogP) is 6.50. The van der Waals surface area contributed by atoms with Crippen molar-refractivity contribution in [3.63, 3.8) is 0 Å². The molecule has 4 nitrogen and oxygen atoms in total. The second kappa shape index (κ2) is 10.4. The first-order valence-corrected chi connectivity index (χ1v) is 10.8. The normalized spacial score (nSPS) is 11.0. The summed E-state index contributed by atoms with van der Waals surface area (Å²) in [6.07, 6.45) is 2.06. The van der Waals surface area contributed by atoms with Gasteiger partial charge >= 0.3 is 0 Å². The van der Waals surface area contributed by atoms with Crippen LogP contribution in [0.1, 0.15) is 16.7 Å². The van der Waals surface area contributed by atoms with Crippen LogP contribution in [0.25, 0.3) is 6.08 Å². The number of hydrogen-bond acceptors (Lipinski definition) is 3. The van der Waals surface area contributed by atoms with Crippen LogP contribution in [0, 0.1) is 17.1 Å². The van der Waals surface area contributed by atoms with Gasteiger partial charge in [-0.25, -0.2) is 4.39 Å². The Kier molecular flexibility index (Phi) is 7.61. The molecule has 0 saturated heterocycles. The SMILES string of the molecule is COc1cc(/C=C(\C#N)C(=O)Nc2ccccc2F)cc(Br)c1Cc1ccccc1Br. The van der Waals surface area contributed by atoms with E-state index in [1.54, 1.807) is 19.2 Å². The van der Waals surface area contributed by atoms with E-state index in [9.17, 15) is 14.4 Å². The van der Waals surface area contributed by atoms with Crippen molar-refractivity contribution >= 4 is 49.5 Å². The Morgan fingerprint density at radius 1 is 1.13 bits per heavy atom. The van der Waals surface area contributed by atoms with Gasteiger partial charge in [0.2, 0.25) is 0 Å². The molecule has 1 N–H and O–H groups in total. The summed E-state index contributed by atoms with van der Waals surface area (Å²) in [5.41, 5.74) is 2.47. The molecule has 156 valence electrons. The van der Waals surface area contributed by atoms with Gasteiger partial charge in [-0.1, -0.05) is 62.2 Å². The first-order valence-electron chi connectivity index (χ1n) is 9.20. The lowest BCUT2D eigenvalue weighted by Crippen LogP contribution is -2.14. The zero-order valence-corrected chi connectivity index (χ0v) is 19.6. The maximum atomic E-state index is 13.8. The number of nitrogens with zero attached hydrogens (tertiary/aromatic N) is 1. The number of methoxy groups -OCH3 is 1. The molecule has 0 unspecified atom stereocenters. The molecule has 0 aliphatic rings. The van der Waals surface area contributed by atoms with Crippen molar-refractivity contribution in [3.8, 4) is 11.8 Å². The van der Waals surface area contributed by atoms with Crippen molar-refractivity contribution in [1.82, 2.24) is 0 Å². The van der Waals surface area contributed by atoms with Crippen LogP contribution in [0.5, 0.6) is 5.75 Å². The third-order valence-corrected chi connectivity index (χ3v) is 6.00. The van der Waals surface area contributed by atoms with Gasteiger partial charge in [0.05, 0.1) is 12.8 Å². The van der Waals surface area contributed by atoms with Crippen molar-refractivity contribution in [1.29, 1.82) is 5.26 Å². The summed E-state index contributed by atoms with van der Waals surface area (Å²) in [7, 11) is 1.56. The largest absolute Gasteiger partial charge is 0.496 e. The first-order chi connectivity index (χ1) is 14.9. The number of carbonyl (C=O) groups is 1. The van der Waals surface area contributed by atoms with E-state index in [2.05, 4.69) is 37.2 Å². The number of nitriles is 1. The van der Waals surface area contributed by atoms with Gasteiger partial charge in [0.25, 0.3) is 5.91 Å². The van der Waals surface area contributed by atoms with Crippen LogP contribution in [-0.4, -0.2) is 13.0 Å². The van der Waals surface area contributed by atoms with Gasteiger partial charge in [0.15, 0.2) is 0 Å². The van der Waals surface area contributed by atoms with E-state index in [1.165, 1.54) is 24.3 Å². The monoisotopic (exact) mass is 542 g/mol. The van der Waals surface area contributed by atoms with E-state index in [0.717, 1.165) is 20.1 Å². The number of anilines is 1. The zero-order chi connectivity index (χ0) is 22.4. The van der Waals surface area contributed by atoms with Gasteiger partial charge < -0.3 is 10.1 Å². The fourth-order valence-electron chi connectivity index (χ4n) is 2.97. The molecule has 0 aliphatic heterocycles. The van der Waals surface area contributed by atoms with E-state index in [0.29, 0.717) is 17.7 Å². The molecule has 3 aromatic rings. The van der Waals surface area contributed by atoms with Crippen LogP contribution >= 0.6 is 31.9 Å². The first kappa shape index (κ1) is 22.7. The van der Waals surface area contributed by atoms with Crippen molar-refractivity contribution in [2.24, 2.45) is 0 Å². The maximum Gasteiger partial charge on any atom is 0.266 e. The van der Waals surface area contributed by atoms with Gasteiger partial charge in [0, 0.05) is 20.9 Å². The summed E-state index contributed by atoms with van der Waals surface area (Å²) in [4.78, 5) is 12.5. The van der Waals surface area contributed by atoms with Gasteiger partial charge in [-0.2, -0.15) is 5.26 Å². The summed E-state index contributed by atoms with van der Waals surface area (Å²) in [6, 6.07) is 19.1. The summed E-state index contributed by atoms with van der Waals surface area (Å²) >= 11 is 7.13. The number of para-hydroxylation sites is 1. The molecule has 0 heterocycles.